The van der Waals surface area contributed by atoms with Crippen LogP contribution in [0, 0.1) is 10.8 Å². The number of aromatic nitrogens is 6. The van der Waals surface area contributed by atoms with Gasteiger partial charge in [-0.3, -0.25) is 0 Å². The number of phenols is 2. The summed E-state index contributed by atoms with van der Waals surface area (Å²) in [5, 5.41) is 42.8. The van der Waals surface area contributed by atoms with Crippen molar-refractivity contribution >= 4 is 72.9 Å². The molecule has 77 heavy (non-hydrogen) atoms. The highest BCUT2D eigenvalue weighted by molar-refractivity contribution is 6.91. The van der Waals surface area contributed by atoms with Crippen LogP contribution in [0.4, 0.5) is 0 Å². The lowest BCUT2D eigenvalue weighted by atomic mass is 9.72. The van der Waals surface area contributed by atoms with Crippen LogP contribution in [0.3, 0.4) is 0 Å². The molecule has 0 spiro atoms. The van der Waals surface area contributed by atoms with E-state index in [-0.39, 0.29) is 33.2 Å². The molecule has 424 valence electrons. The number of rotatable bonds is 24. The number of nitrogens with zero attached hydrogens (tertiary/aromatic N) is 6. The van der Waals surface area contributed by atoms with Crippen LogP contribution in [-0.2, 0) is 44.2 Å². The Balaban J connectivity index is 1.07. The Morgan fingerprint density at radius 3 is 0.961 bits per heavy atom. The van der Waals surface area contributed by atoms with Crippen molar-refractivity contribution in [2.75, 3.05) is 0 Å². The summed E-state index contributed by atoms with van der Waals surface area (Å²) in [4.78, 5) is 3.19. The molecule has 0 atom stereocenters. The molecule has 0 aliphatic rings. The lowest BCUT2D eigenvalue weighted by Gasteiger charge is -2.43. The molecule has 2 heterocycles. The highest BCUT2D eigenvalue weighted by atomic mass is 28.5. The van der Waals surface area contributed by atoms with E-state index in [9.17, 15) is 10.2 Å². The zero-order valence-corrected chi connectivity index (χ0v) is 57.2. The molecule has 4 aromatic carbocycles. The first-order valence-corrected chi connectivity index (χ1v) is 45.4. The molecule has 13 nitrogen and oxygen atoms in total. The van der Waals surface area contributed by atoms with E-state index in [1.165, 1.54) is 0 Å². The van der Waals surface area contributed by atoms with Gasteiger partial charge in [0.05, 0.1) is 0 Å². The molecule has 2 N–H and O–H groups in total. The minimum absolute atomic E-state index is 0.113. The Morgan fingerprint density at radius 1 is 0.416 bits per heavy atom. The van der Waals surface area contributed by atoms with Gasteiger partial charge < -0.3 is 30.8 Å². The topological polar surface area (TPSA) is 148 Å². The molecule has 0 aliphatic carbocycles. The zero-order chi connectivity index (χ0) is 57.6. The first-order valence-electron chi connectivity index (χ1n) is 27.9. The van der Waals surface area contributed by atoms with Gasteiger partial charge in [0, 0.05) is 0 Å². The van der Waals surface area contributed by atoms with Crippen molar-refractivity contribution in [1.29, 1.82) is 0 Å². The molecule has 0 radical (unpaired) electrons. The van der Waals surface area contributed by atoms with Crippen LogP contribution >= 0.6 is 0 Å². The van der Waals surface area contributed by atoms with Crippen LogP contribution in [-0.4, -0.2) is 91.1 Å². The minimum atomic E-state index is -2.76. The number of aryl methyl sites for hydroxylation is 2. The van der Waals surface area contributed by atoms with E-state index in [0.717, 1.165) is 82.1 Å². The van der Waals surface area contributed by atoms with E-state index in [0.29, 0.717) is 24.2 Å². The van der Waals surface area contributed by atoms with E-state index in [1.54, 1.807) is 9.59 Å². The summed E-state index contributed by atoms with van der Waals surface area (Å²) < 4.78 is 35.2. The van der Waals surface area contributed by atoms with E-state index in [4.69, 9.17) is 41.0 Å². The van der Waals surface area contributed by atoms with Gasteiger partial charge in [0.15, 0.2) is 16.6 Å². The Labute approximate surface area is 469 Å². The Bertz CT molecular complexity index is 2740. The highest BCUT2D eigenvalue weighted by Gasteiger charge is 2.47. The molecule has 0 unspecified atom stereocenters. The number of fused-ring (bicyclic) bond motifs is 2. The second-order valence-corrected chi connectivity index (χ2v) is 51.9. The van der Waals surface area contributed by atoms with Gasteiger partial charge in [0.1, 0.15) is 44.9 Å². The standard InChI is InChI=1S/C58H96N6O7Si6/c1-55(2,3)41-57(7,8)45-37-43(53(65)51(39-45)63-59-47-31-23-24-32-48(47)60-63)29-27-35-72(11,12)67-74(15,16)69-76(19,20)71-77(21,22)70-75(17,18)68-73(13,14)36-28-30-44-38-46(58(9,10)42-56(4,5)6)40-52(54(44)66)64-61-49-33-25-26-34-50(49)62-64/h23-26,31-34,37-40,65-66H,27-30,35-36,41-42H2,1-22H3. The van der Waals surface area contributed by atoms with Gasteiger partial charge in [-0.25, -0.2) is 0 Å². The highest BCUT2D eigenvalue weighted by Crippen LogP contribution is 2.43. The van der Waals surface area contributed by atoms with Gasteiger partial charge in [0.2, 0.25) is 0 Å². The second kappa shape index (κ2) is 22.7. The first-order chi connectivity index (χ1) is 35.0. The van der Waals surface area contributed by atoms with Gasteiger partial charge in [-0.15, -0.1) is 30.0 Å². The normalized spacial score (nSPS) is 14.1. The molecular formula is C58H96N6O7Si6. The molecule has 0 saturated heterocycles. The fraction of sp³-hybridized carbons (Fsp3) is 0.586. The van der Waals surface area contributed by atoms with Crippen LogP contribution in [0.2, 0.25) is 90.7 Å². The van der Waals surface area contributed by atoms with Crippen molar-refractivity contribution in [3.8, 4) is 22.9 Å². The van der Waals surface area contributed by atoms with Gasteiger partial charge in [0.25, 0.3) is 0 Å². The van der Waals surface area contributed by atoms with Crippen LogP contribution < -0.4 is 0 Å². The lowest BCUT2D eigenvalue weighted by molar-refractivity contribution is 0.280. The Hall–Kier alpha value is -3.62. The third-order valence-corrected chi connectivity index (χ3v) is 37.1. The van der Waals surface area contributed by atoms with Crippen molar-refractivity contribution in [3.63, 3.8) is 0 Å². The number of hydrogen-bond acceptors (Lipinski definition) is 11. The second-order valence-electron chi connectivity index (χ2n) is 28.5. The molecule has 0 bridgehead atoms. The fourth-order valence-corrected chi connectivity index (χ4v) is 42.2. The average Bonchev–Trinajstić information content (AvgIpc) is 3.85. The van der Waals surface area contributed by atoms with Crippen LogP contribution in [0.15, 0.2) is 72.8 Å². The summed E-state index contributed by atoms with van der Waals surface area (Å²) in [6.07, 6.45) is 5.05. The van der Waals surface area contributed by atoms with Crippen LogP contribution in [0.5, 0.6) is 11.5 Å². The molecular weight excluding hydrogens is 1060 g/mol. The van der Waals surface area contributed by atoms with Crippen LogP contribution in [0.1, 0.15) is 117 Å². The summed E-state index contributed by atoms with van der Waals surface area (Å²) >= 11 is 0. The largest absolute Gasteiger partial charge is 0.505 e. The van der Waals surface area contributed by atoms with E-state index < -0.39 is 50.9 Å². The monoisotopic (exact) mass is 1160 g/mol. The SMILES string of the molecule is CC(C)(C)CC(C)(C)c1cc(CCC[Si](C)(C)O[Si](C)(C)O[Si](C)(C)O[Si](C)(C)O[Si](C)(C)O[Si](C)(C)CCCc2cc(C(C)(C)CC(C)(C)C)cc(-n3nc4ccccc4n3)c2O)c(O)c(-n2nc3ccccc3n2)c1. The van der Waals surface area contributed by atoms with Crippen LogP contribution in [0.25, 0.3) is 33.4 Å². The molecule has 0 saturated carbocycles. The molecule has 19 heteroatoms. The van der Waals surface area contributed by atoms with Crippen molar-refractivity contribution in [3.05, 3.63) is 95.1 Å². The maximum absolute atomic E-state index is 11.9. The maximum atomic E-state index is 11.9. The smallest absolute Gasteiger partial charge is 0.314 e. The predicted octanol–water partition coefficient (Wildman–Crippen LogP) is 15.9. The van der Waals surface area contributed by atoms with Crippen molar-refractivity contribution in [1.82, 2.24) is 30.0 Å². The summed E-state index contributed by atoms with van der Waals surface area (Å²) in [7, 11) is -15.4. The number of aromatic hydroxyl groups is 2. The maximum Gasteiger partial charge on any atom is 0.314 e. The first kappa shape index (κ1) is 62.6. The Kier molecular flexibility index (Phi) is 18.5. The third-order valence-electron chi connectivity index (χ3n) is 13.8. The summed E-state index contributed by atoms with van der Waals surface area (Å²) in [5.74, 6) is 0.449. The lowest BCUT2D eigenvalue weighted by Crippen LogP contribution is -2.60. The van der Waals surface area contributed by atoms with Crippen molar-refractivity contribution in [2.45, 2.75) is 209 Å². The average molecular weight is 1160 g/mol. The number of benzene rings is 4. The summed E-state index contributed by atoms with van der Waals surface area (Å²) in [6.45, 7) is 48.9. The molecule has 0 aliphatic heterocycles. The van der Waals surface area contributed by atoms with Gasteiger partial charge in [-0.05, 0) is 209 Å². The number of phenolic OH excluding ortho intramolecular Hbond substituents is 2. The molecule has 6 rings (SSSR count). The molecule has 6 aromatic rings. The van der Waals surface area contributed by atoms with Gasteiger partial charge in [-0.2, -0.15) is 0 Å². The van der Waals surface area contributed by atoms with Crippen molar-refractivity contribution in [2.24, 2.45) is 10.8 Å². The molecule has 2 aromatic heterocycles. The summed E-state index contributed by atoms with van der Waals surface area (Å²) in [6, 6.07) is 26.0. The van der Waals surface area contributed by atoms with Crippen molar-refractivity contribution < 1.29 is 30.8 Å². The Morgan fingerprint density at radius 2 is 0.688 bits per heavy atom. The number of hydrogen-bond donors (Lipinski definition) is 2. The summed E-state index contributed by atoms with van der Waals surface area (Å²) in [5.41, 5.74) is 8.42. The van der Waals surface area contributed by atoms with Gasteiger partial charge >= 0.3 is 34.2 Å². The third kappa shape index (κ3) is 17.7. The quantitative estimate of drug-likeness (QED) is 0.0558. The fourth-order valence-electron chi connectivity index (χ4n) is 12.3. The van der Waals surface area contributed by atoms with Gasteiger partial charge in [-0.1, -0.05) is 106 Å². The van der Waals surface area contributed by atoms with E-state index in [1.807, 2.05) is 48.5 Å². The van der Waals surface area contributed by atoms with E-state index >= 15 is 0 Å². The minimum Gasteiger partial charge on any atom is -0.505 e. The van der Waals surface area contributed by atoms with E-state index in [2.05, 4.69) is 172 Å². The predicted molar refractivity (Wildman–Crippen MR) is 332 cm³/mol. The molecule has 0 amide bonds. The molecule has 0 fully saturated rings. The zero-order valence-electron chi connectivity index (χ0n) is 51.2.